The molecular formula is C22H19F4N3O. The van der Waals surface area contributed by atoms with Crippen molar-refractivity contribution in [2.45, 2.75) is 32.9 Å². The number of hydrogen-bond acceptors (Lipinski definition) is 3. The van der Waals surface area contributed by atoms with Crippen LogP contribution in [0.2, 0.25) is 0 Å². The number of Topliss-reactive ketones (excluding diaryl/α,β-unsaturated/α-hetero) is 1. The lowest BCUT2D eigenvalue weighted by Gasteiger charge is -2.28. The van der Waals surface area contributed by atoms with Crippen LogP contribution in [0.4, 0.5) is 28.9 Å². The Balaban J connectivity index is 1.86. The topological polar surface area (TPSA) is 57.8 Å². The Morgan fingerprint density at radius 2 is 1.80 bits per heavy atom. The van der Waals surface area contributed by atoms with Gasteiger partial charge in [-0.2, -0.15) is 13.2 Å². The molecule has 4 rings (SSSR count). The van der Waals surface area contributed by atoms with Crippen molar-refractivity contribution in [1.82, 2.24) is 9.97 Å². The van der Waals surface area contributed by atoms with E-state index in [1.165, 1.54) is 6.07 Å². The fraction of sp³-hybridized carbons (Fsp3) is 0.273. The maximum absolute atomic E-state index is 13.7. The maximum atomic E-state index is 13.7. The fourth-order valence-corrected chi connectivity index (χ4v) is 3.88. The highest BCUT2D eigenvalue weighted by Crippen LogP contribution is 2.43. The first-order chi connectivity index (χ1) is 14.0. The summed E-state index contributed by atoms with van der Waals surface area (Å²) in [5.74, 6) is -1.45. The third kappa shape index (κ3) is 3.69. The van der Waals surface area contributed by atoms with Crippen LogP contribution in [0.5, 0.6) is 0 Å². The van der Waals surface area contributed by atoms with Crippen molar-refractivity contribution in [3.8, 4) is 11.3 Å². The van der Waals surface area contributed by atoms with E-state index in [4.69, 9.17) is 0 Å². The smallest absolute Gasteiger partial charge is 0.356 e. The number of ketones is 1. The monoisotopic (exact) mass is 417 g/mol. The summed E-state index contributed by atoms with van der Waals surface area (Å²) in [4.78, 5) is 20.2. The Bertz CT molecular complexity index is 1120. The second-order valence-corrected chi connectivity index (χ2v) is 8.22. The quantitative estimate of drug-likeness (QED) is 0.504. The standard InChI is InChI=1S/C22H19F4N3O/c1-21(2)10-16-18(17(30)11-21)20(19(29-16)12-5-7-27-8-6-12)28-13-3-4-15(23)14(9-13)22(24,25)26/h3-9,28-29H,10-11H2,1-2H3. The number of aromatic nitrogens is 2. The SMILES string of the molecule is CC1(C)CC(=O)c2c([nH]c(-c3ccncc3)c2Nc2ccc(F)c(C(F)(F)F)c2)C1. The molecule has 1 aromatic carbocycles. The minimum Gasteiger partial charge on any atom is -0.356 e. The largest absolute Gasteiger partial charge is 0.419 e. The van der Waals surface area contributed by atoms with E-state index in [0.29, 0.717) is 35.9 Å². The third-order valence-corrected chi connectivity index (χ3v) is 5.16. The zero-order valence-corrected chi connectivity index (χ0v) is 16.3. The zero-order chi connectivity index (χ0) is 21.7. The van der Waals surface area contributed by atoms with E-state index in [9.17, 15) is 22.4 Å². The molecule has 2 heterocycles. The molecule has 0 fully saturated rings. The van der Waals surface area contributed by atoms with E-state index in [-0.39, 0.29) is 16.9 Å². The molecule has 0 bridgehead atoms. The fourth-order valence-electron chi connectivity index (χ4n) is 3.88. The van der Waals surface area contributed by atoms with Crippen molar-refractivity contribution < 1.29 is 22.4 Å². The molecule has 0 saturated heterocycles. The number of fused-ring (bicyclic) bond motifs is 1. The van der Waals surface area contributed by atoms with Crippen LogP contribution in [-0.2, 0) is 12.6 Å². The molecule has 4 nitrogen and oxygen atoms in total. The molecule has 0 amide bonds. The molecule has 2 aromatic heterocycles. The lowest BCUT2D eigenvalue weighted by molar-refractivity contribution is -0.139. The van der Waals surface area contributed by atoms with E-state index in [0.717, 1.165) is 17.3 Å². The van der Waals surface area contributed by atoms with Gasteiger partial charge in [-0.05, 0) is 42.2 Å². The number of pyridine rings is 1. The Kier molecular flexibility index (Phi) is 4.67. The first-order valence-corrected chi connectivity index (χ1v) is 9.37. The van der Waals surface area contributed by atoms with Gasteiger partial charge >= 0.3 is 6.18 Å². The van der Waals surface area contributed by atoms with E-state index in [1.807, 2.05) is 13.8 Å². The molecule has 0 aliphatic heterocycles. The summed E-state index contributed by atoms with van der Waals surface area (Å²) in [6, 6.07) is 6.18. The summed E-state index contributed by atoms with van der Waals surface area (Å²) in [5.41, 5.74) is 1.28. The summed E-state index contributed by atoms with van der Waals surface area (Å²) in [6.45, 7) is 3.98. The highest BCUT2D eigenvalue weighted by molar-refractivity contribution is 6.07. The summed E-state index contributed by atoms with van der Waals surface area (Å²) < 4.78 is 53.1. The Hall–Kier alpha value is -3.16. The van der Waals surface area contributed by atoms with Crippen LogP contribution < -0.4 is 5.32 Å². The number of nitrogens with zero attached hydrogens (tertiary/aromatic N) is 1. The molecule has 0 spiro atoms. The second-order valence-electron chi connectivity index (χ2n) is 8.22. The third-order valence-electron chi connectivity index (χ3n) is 5.16. The predicted molar refractivity (Wildman–Crippen MR) is 105 cm³/mol. The number of rotatable bonds is 3. The molecule has 8 heteroatoms. The van der Waals surface area contributed by atoms with Crippen LogP contribution in [0.25, 0.3) is 11.3 Å². The van der Waals surface area contributed by atoms with Crippen molar-refractivity contribution in [2.75, 3.05) is 5.32 Å². The molecule has 0 radical (unpaired) electrons. The Labute approximate surface area is 170 Å². The maximum Gasteiger partial charge on any atom is 0.419 e. The second kappa shape index (κ2) is 6.97. The van der Waals surface area contributed by atoms with Gasteiger partial charge < -0.3 is 10.3 Å². The minimum absolute atomic E-state index is 0.0402. The van der Waals surface area contributed by atoms with Crippen molar-refractivity contribution in [2.24, 2.45) is 5.41 Å². The molecular weight excluding hydrogens is 398 g/mol. The zero-order valence-electron chi connectivity index (χ0n) is 16.3. The molecule has 1 aliphatic rings. The Morgan fingerprint density at radius 1 is 1.10 bits per heavy atom. The molecule has 1 aliphatic carbocycles. The molecule has 3 aromatic rings. The van der Waals surface area contributed by atoms with Gasteiger partial charge in [0.25, 0.3) is 0 Å². The molecule has 2 N–H and O–H groups in total. The lowest BCUT2D eigenvalue weighted by Crippen LogP contribution is -2.26. The van der Waals surface area contributed by atoms with Crippen LogP contribution in [-0.4, -0.2) is 15.8 Å². The van der Waals surface area contributed by atoms with Gasteiger partial charge in [-0.3, -0.25) is 9.78 Å². The van der Waals surface area contributed by atoms with Gasteiger partial charge in [0.15, 0.2) is 5.78 Å². The molecule has 0 atom stereocenters. The van der Waals surface area contributed by atoms with Gasteiger partial charge in [0.05, 0.1) is 22.5 Å². The first-order valence-electron chi connectivity index (χ1n) is 9.37. The van der Waals surface area contributed by atoms with Gasteiger partial charge in [-0.1, -0.05) is 13.8 Å². The van der Waals surface area contributed by atoms with Gasteiger partial charge in [0.2, 0.25) is 0 Å². The average Bonchev–Trinajstić information content (AvgIpc) is 3.00. The van der Waals surface area contributed by atoms with Crippen molar-refractivity contribution in [3.63, 3.8) is 0 Å². The van der Waals surface area contributed by atoms with E-state index in [2.05, 4.69) is 15.3 Å². The number of carbonyl (C=O) groups excluding carboxylic acids is 1. The minimum atomic E-state index is -4.83. The van der Waals surface area contributed by atoms with Crippen molar-refractivity contribution >= 4 is 17.2 Å². The average molecular weight is 417 g/mol. The van der Waals surface area contributed by atoms with E-state index < -0.39 is 17.6 Å². The van der Waals surface area contributed by atoms with Gasteiger partial charge in [-0.25, -0.2) is 4.39 Å². The normalized spacial score (nSPS) is 15.7. The van der Waals surface area contributed by atoms with Crippen LogP contribution in [0.3, 0.4) is 0 Å². The number of carbonyl (C=O) groups is 1. The lowest BCUT2D eigenvalue weighted by atomic mass is 9.76. The van der Waals surface area contributed by atoms with Crippen LogP contribution >= 0.6 is 0 Å². The van der Waals surface area contributed by atoms with Crippen LogP contribution in [0.15, 0.2) is 42.7 Å². The number of nitrogens with one attached hydrogen (secondary N) is 2. The number of hydrogen-bond donors (Lipinski definition) is 2. The van der Waals surface area contributed by atoms with E-state index >= 15 is 0 Å². The number of halogens is 4. The van der Waals surface area contributed by atoms with E-state index in [1.54, 1.807) is 24.5 Å². The van der Waals surface area contributed by atoms with Crippen LogP contribution in [0.1, 0.15) is 41.9 Å². The number of benzene rings is 1. The summed E-state index contributed by atoms with van der Waals surface area (Å²) in [7, 11) is 0. The molecule has 0 unspecified atom stereocenters. The highest BCUT2D eigenvalue weighted by atomic mass is 19.4. The number of anilines is 2. The number of aromatic amines is 1. The summed E-state index contributed by atoms with van der Waals surface area (Å²) in [6.07, 6.45) is -0.716. The molecule has 30 heavy (non-hydrogen) atoms. The van der Waals surface area contributed by atoms with Gasteiger partial charge in [0, 0.05) is 35.8 Å². The number of H-pyrrole nitrogens is 1. The summed E-state index contributed by atoms with van der Waals surface area (Å²) in [5, 5.41) is 2.94. The summed E-state index contributed by atoms with van der Waals surface area (Å²) >= 11 is 0. The highest BCUT2D eigenvalue weighted by Gasteiger charge is 2.37. The van der Waals surface area contributed by atoms with Crippen LogP contribution in [0, 0.1) is 11.2 Å². The van der Waals surface area contributed by atoms with Gasteiger partial charge in [0.1, 0.15) is 5.82 Å². The first kappa shape index (κ1) is 20.1. The molecule has 0 saturated carbocycles. The predicted octanol–water partition coefficient (Wildman–Crippen LogP) is 6.13. The van der Waals surface area contributed by atoms with Crippen molar-refractivity contribution in [3.05, 3.63) is 65.4 Å². The molecule has 156 valence electrons. The van der Waals surface area contributed by atoms with Gasteiger partial charge in [-0.15, -0.1) is 0 Å². The Morgan fingerprint density at radius 3 is 2.47 bits per heavy atom. The number of alkyl halides is 3. The van der Waals surface area contributed by atoms with Crippen molar-refractivity contribution in [1.29, 1.82) is 0 Å².